The largest absolute Gasteiger partial charge is 0.422 e. The van der Waals surface area contributed by atoms with Crippen molar-refractivity contribution >= 4 is 11.6 Å². The molecule has 1 aromatic carbocycles. The lowest BCUT2D eigenvalue weighted by atomic mass is 9.85. The molecule has 0 bridgehead atoms. The molecule has 0 aliphatic carbocycles. The molecule has 1 unspecified atom stereocenters. The van der Waals surface area contributed by atoms with Crippen LogP contribution in [0, 0.1) is 18.3 Å². The van der Waals surface area contributed by atoms with E-state index in [-0.39, 0.29) is 28.5 Å². The Bertz CT molecular complexity index is 895. The van der Waals surface area contributed by atoms with Crippen LogP contribution in [0.4, 0.5) is 0 Å². The second-order valence-corrected chi connectivity index (χ2v) is 5.29. The molecule has 2 heterocycles. The Kier molecular flexibility index (Phi) is 3.35. The number of nitrogens with zero attached hydrogens (tertiary/aromatic N) is 2. The number of hydrogen-bond acceptors (Lipinski definition) is 5. The van der Waals surface area contributed by atoms with Crippen molar-refractivity contribution in [2.75, 3.05) is 0 Å². The first kappa shape index (κ1) is 14.2. The Morgan fingerprint density at radius 3 is 2.95 bits per heavy atom. The predicted octanol–water partition coefficient (Wildman–Crippen LogP) is 1.95. The summed E-state index contributed by atoms with van der Waals surface area (Å²) in [5.41, 5.74) is 6.53. The van der Waals surface area contributed by atoms with Gasteiger partial charge in [0.15, 0.2) is 0 Å². The van der Waals surface area contributed by atoms with Gasteiger partial charge in [-0.3, -0.25) is 4.79 Å². The fourth-order valence-electron chi connectivity index (χ4n) is 2.49. The number of aromatic nitrogens is 2. The Morgan fingerprint density at radius 2 is 2.27 bits per heavy atom. The van der Waals surface area contributed by atoms with E-state index < -0.39 is 5.92 Å². The number of aromatic amines is 1. The number of hydrogen-bond donors (Lipinski definition) is 2. The highest BCUT2D eigenvalue weighted by Gasteiger charge is 2.34. The quantitative estimate of drug-likeness (QED) is 0.837. The summed E-state index contributed by atoms with van der Waals surface area (Å²) in [6.45, 7) is 1.64. The van der Waals surface area contributed by atoms with E-state index in [0.717, 1.165) is 0 Å². The third kappa shape index (κ3) is 2.22. The number of nitriles is 1. The van der Waals surface area contributed by atoms with Crippen molar-refractivity contribution in [3.63, 3.8) is 0 Å². The van der Waals surface area contributed by atoms with E-state index in [9.17, 15) is 10.1 Å². The van der Waals surface area contributed by atoms with Crippen LogP contribution in [0.2, 0.25) is 5.02 Å². The molecule has 2 aromatic rings. The van der Waals surface area contributed by atoms with Crippen LogP contribution in [0.1, 0.15) is 22.9 Å². The van der Waals surface area contributed by atoms with Gasteiger partial charge in [-0.1, -0.05) is 23.7 Å². The van der Waals surface area contributed by atoms with E-state index in [1.165, 1.54) is 0 Å². The number of allylic oxidation sites excluding steroid dienone is 1. The molecule has 0 radical (unpaired) electrons. The van der Waals surface area contributed by atoms with Crippen molar-refractivity contribution in [3.05, 3.63) is 68.0 Å². The average Bonchev–Trinajstić information content (AvgIpc) is 2.45. The maximum atomic E-state index is 12.3. The molecule has 0 fully saturated rings. The number of nitrogens with one attached hydrogen (secondary N) is 1. The number of fused-ring (bicyclic) bond motifs is 1. The molecule has 1 aliphatic rings. The van der Waals surface area contributed by atoms with Crippen LogP contribution in [-0.4, -0.2) is 9.97 Å². The number of halogens is 1. The highest BCUT2D eigenvalue weighted by molar-refractivity contribution is 6.30. The smallest absolute Gasteiger partial charge is 0.258 e. The fourth-order valence-corrected chi connectivity index (χ4v) is 2.69. The zero-order chi connectivity index (χ0) is 15.9. The van der Waals surface area contributed by atoms with Gasteiger partial charge in [-0.25, -0.2) is 0 Å². The first-order valence-corrected chi connectivity index (χ1v) is 6.83. The second kappa shape index (κ2) is 5.20. The van der Waals surface area contributed by atoms with Gasteiger partial charge in [-0.05, 0) is 24.6 Å². The predicted molar refractivity (Wildman–Crippen MR) is 80.3 cm³/mol. The number of ether oxygens (including phenoxy) is 1. The van der Waals surface area contributed by atoms with E-state index in [0.29, 0.717) is 16.4 Å². The number of rotatable bonds is 1. The lowest BCUT2D eigenvalue weighted by Crippen LogP contribution is -2.29. The molecule has 0 saturated heterocycles. The number of aryl methyl sites for hydroxylation is 1. The summed E-state index contributed by atoms with van der Waals surface area (Å²) in [4.78, 5) is 19.1. The van der Waals surface area contributed by atoms with Gasteiger partial charge < -0.3 is 15.5 Å². The van der Waals surface area contributed by atoms with Gasteiger partial charge in [0.05, 0.1) is 11.5 Å². The van der Waals surface area contributed by atoms with E-state index in [1.54, 1.807) is 31.2 Å². The molecule has 3 rings (SSSR count). The van der Waals surface area contributed by atoms with E-state index in [2.05, 4.69) is 9.97 Å². The van der Waals surface area contributed by atoms with Gasteiger partial charge in [0.2, 0.25) is 11.8 Å². The highest BCUT2D eigenvalue weighted by Crippen LogP contribution is 2.39. The van der Waals surface area contributed by atoms with Crippen LogP contribution >= 0.6 is 11.6 Å². The molecule has 6 nitrogen and oxygen atoms in total. The molecule has 1 aromatic heterocycles. The van der Waals surface area contributed by atoms with Crippen molar-refractivity contribution in [3.8, 4) is 11.9 Å². The van der Waals surface area contributed by atoms with Gasteiger partial charge in [-0.2, -0.15) is 10.2 Å². The summed E-state index contributed by atoms with van der Waals surface area (Å²) in [5, 5.41) is 9.90. The van der Waals surface area contributed by atoms with Gasteiger partial charge >= 0.3 is 0 Å². The van der Waals surface area contributed by atoms with Crippen molar-refractivity contribution in [2.45, 2.75) is 12.8 Å². The minimum atomic E-state index is -0.663. The third-order valence-electron chi connectivity index (χ3n) is 3.39. The molecule has 22 heavy (non-hydrogen) atoms. The summed E-state index contributed by atoms with van der Waals surface area (Å²) >= 11 is 6.02. The van der Waals surface area contributed by atoms with E-state index in [1.807, 2.05) is 6.07 Å². The second-order valence-electron chi connectivity index (χ2n) is 4.85. The Morgan fingerprint density at radius 1 is 1.50 bits per heavy atom. The summed E-state index contributed by atoms with van der Waals surface area (Å²) < 4.78 is 5.35. The molecule has 1 aliphatic heterocycles. The summed E-state index contributed by atoms with van der Waals surface area (Å²) in [6.07, 6.45) is 0. The van der Waals surface area contributed by atoms with Crippen molar-refractivity contribution in [2.24, 2.45) is 5.73 Å². The standard InChI is InChI=1S/C15H11ClN4O2/c1-7-19-14(21)12-11(8-3-2-4-9(16)5-8)10(6-17)13(18)22-15(12)20-7/h2-5,11H,18H2,1H3,(H,19,20,21). The van der Waals surface area contributed by atoms with Crippen molar-refractivity contribution in [1.29, 1.82) is 5.26 Å². The highest BCUT2D eigenvalue weighted by atomic mass is 35.5. The summed E-state index contributed by atoms with van der Waals surface area (Å²) in [7, 11) is 0. The number of H-pyrrole nitrogens is 1. The third-order valence-corrected chi connectivity index (χ3v) is 3.63. The van der Waals surface area contributed by atoms with E-state index >= 15 is 0 Å². The molecule has 3 N–H and O–H groups in total. The molecule has 0 saturated carbocycles. The van der Waals surface area contributed by atoms with Crippen LogP contribution in [0.3, 0.4) is 0 Å². The Hall–Kier alpha value is -2.78. The zero-order valence-corrected chi connectivity index (χ0v) is 12.3. The van der Waals surface area contributed by atoms with Crippen LogP contribution in [-0.2, 0) is 0 Å². The topological polar surface area (TPSA) is 105 Å². The lowest BCUT2D eigenvalue weighted by molar-refractivity contribution is 0.373. The normalized spacial score (nSPS) is 16.7. The first-order valence-electron chi connectivity index (χ1n) is 6.45. The van der Waals surface area contributed by atoms with Crippen LogP contribution in [0.5, 0.6) is 5.88 Å². The average molecular weight is 315 g/mol. The van der Waals surface area contributed by atoms with Gasteiger partial charge in [-0.15, -0.1) is 0 Å². The molecule has 0 amide bonds. The minimum Gasteiger partial charge on any atom is -0.422 e. The molecule has 110 valence electrons. The number of benzene rings is 1. The molecule has 1 atom stereocenters. The van der Waals surface area contributed by atoms with Crippen LogP contribution in [0.25, 0.3) is 0 Å². The maximum absolute atomic E-state index is 12.3. The SMILES string of the molecule is Cc1nc2c(c(=O)[nH]1)C(c1cccc(Cl)c1)C(C#N)=C(N)O2. The number of nitrogens with two attached hydrogens (primary N) is 1. The van der Waals surface area contributed by atoms with Crippen molar-refractivity contribution < 1.29 is 4.74 Å². The fraction of sp³-hybridized carbons (Fsp3) is 0.133. The lowest BCUT2D eigenvalue weighted by Gasteiger charge is -2.24. The maximum Gasteiger partial charge on any atom is 0.258 e. The van der Waals surface area contributed by atoms with Gasteiger partial charge in [0.25, 0.3) is 5.56 Å². The molecule has 7 heteroatoms. The zero-order valence-electron chi connectivity index (χ0n) is 11.6. The van der Waals surface area contributed by atoms with Crippen LogP contribution in [0.15, 0.2) is 40.5 Å². The van der Waals surface area contributed by atoms with Gasteiger partial charge in [0, 0.05) is 5.02 Å². The molecular formula is C15H11ClN4O2. The minimum absolute atomic E-state index is 0.0579. The Balaban J connectivity index is 2.32. The molecular weight excluding hydrogens is 304 g/mol. The van der Waals surface area contributed by atoms with E-state index in [4.69, 9.17) is 22.1 Å². The molecule has 0 spiro atoms. The monoisotopic (exact) mass is 314 g/mol. The van der Waals surface area contributed by atoms with Gasteiger partial charge in [0.1, 0.15) is 17.5 Å². The first-order chi connectivity index (χ1) is 10.5. The summed E-state index contributed by atoms with van der Waals surface area (Å²) in [5.74, 6) is -0.202. The Labute approximate surface area is 130 Å². The summed E-state index contributed by atoms with van der Waals surface area (Å²) in [6, 6.07) is 8.92. The van der Waals surface area contributed by atoms with Crippen molar-refractivity contribution in [1.82, 2.24) is 9.97 Å². The van der Waals surface area contributed by atoms with Crippen LogP contribution < -0.4 is 16.0 Å².